The van der Waals surface area contributed by atoms with Gasteiger partial charge < -0.3 is 5.11 Å². The van der Waals surface area contributed by atoms with Crippen molar-refractivity contribution < 1.29 is 5.11 Å². The smallest absolute Gasteiger partial charge is 0.0718 e. The van der Waals surface area contributed by atoms with E-state index >= 15 is 0 Å². The maximum absolute atomic E-state index is 9.40. The molecule has 1 atom stereocenters. The molecule has 146 valence electrons. The van der Waals surface area contributed by atoms with Crippen LogP contribution in [-0.2, 0) is 0 Å². The Bertz CT molecular complexity index is 224. The second-order valence-corrected chi connectivity index (χ2v) is 8.73. The Labute approximate surface area is 162 Å². The molecule has 0 aliphatic heterocycles. The van der Waals surface area contributed by atoms with Crippen molar-refractivity contribution in [3.63, 3.8) is 0 Å². The maximum atomic E-state index is 9.40. The quantitative estimate of drug-likeness (QED) is 0.172. The van der Waals surface area contributed by atoms with Crippen LogP contribution in [-0.4, -0.2) is 28.5 Å². The first kappa shape index (κ1) is 24.7. The minimum atomic E-state index is -0.223. The molecule has 0 aliphatic carbocycles. The molecule has 0 saturated carbocycles. The molecule has 0 aromatic heterocycles. The topological polar surface area (TPSA) is 20.2 Å². The largest absolute Gasteiger partial charge is 0.391 e. The molecule has 1 N–H and O–H groups in total. The summed E-state index contributed by atoms with van der Waals surface area (Å²) in [7, 11) is 0. The van der Waals surface area contributed by atoms with Crippen molar-refractivity contribution in [2.75, 3.05) is 17.3 Å². The first-order valence-electron chi connectivity index (χ1n) is 10.7. The molecule has 0 radical (unpaired) electrons. The van der Waals surface area contributed by atoms with Gasteiger partial charge in [-0.2, -0.15) is 24.4 Å². The van der Waals surface area contributed by atoms with Gasteiger partial charge in [-0.3, -0.25) is 0 Å². The number of aliphatic hydroxyl groups is 1. The van der Waals surface area contributed by atoms with Crippen molar-refractivity contribution in [2.24, 2.45) is 0 Å². The Balaban J connectivity index is 2.98. The van der Waals surface area contributed by atoms with Crippen LogP contribution < -0.4 is 0 Å². The van der Waals surface area contributed by atoms with Crippen LogP contribution in [0.25, 0.3) is 0 Å². The third-order valence-corrected chi connectivity index (χ3v) is 6.28. The molecule has 0 aliphatic rings. The van der Waals surface area contributed by atoms with E-state index in [9.17, 15) is 5.11 Å². The Morgan fingerprint density at radius 2 is 1.04 bits per heavy atom. The third kappa shape index (κ3) is 20.7. The Kier molecular flexibility index (Phi) is 22.3. The van der Waals surface area contributed by atoms with Gasteiger partial charge in [0, 0.05) is 11.5 Å². The fourth-order valence-electron chi connectivity index (χ4n) is 3.02. The SMILES string of the molecule is CCCCCCCCCCCCCCCCCCSCC(O)CS. The zero-order valence-electron chi connectivity index (χ0n) is 16.3. The summed E-state index contributed by atoms with van der Waals surface area (Å²) in [4.78, 5) is 0. The predicted octanol–water partition coefficient (Wildman–Crippen LogP) is 7.27. The molecule has 0 bridgehead atoms. The minimum absolute atomic E-state index is 0.223. The van der Waals surface area contributed by atoms with Gasteiger partial charge in [-0.15, -0.1) is 0 Å². The van der Waals surface area contributed by atoms with E-state index in [0.717, 1.165) is 5.75 Å². The Morgan fingerprint density at radius 1 is 0.667 bits per heavy atom. The molecule has 3 heteroatoms. The van der Waals surface area contributed by atoms with Gasteiger partial charge in [-0.1, -0.05) is 103 Å². The van der Waals surface area contributed by atoms with Crippen molar-refractivity contribution in [3.05, 3.63) is 0 Å². The number of unbranched alkanes of at least 4 members (excludes halogenated alkanes) is 15. The molecule has 1 nitrogen and oxygen atoms in total. The summed E-state index contributed by atoms with van der Waals surface area (Å²) in [6.45, 7) is 2.29. The van der Waals surface area contributed by atoms with Gasteiger partial charge in [0.05, 0.1) is 6.10 Å². The van der Waals surface area contributed by atoms with Crippen molar-refractivity contribution in [1.29, 1.82) is 0 Å². The van der Waals surface area contributed by atoms with E-state index in [4.69, 9.17) is 0 Å². The zero-order chi connectivity index (χ0) is 17.7. The Morgan fingerprint density at radius 3 is 1.42 bits per heavy atom. The summed E-state index contributed by atoms with van der Waals surface area (Å²) >= 11 is 5.96. The average Bonchev–Trinajstić information content (AvgIpc) is 2.60. The molecule has 24 heavy (non-hydrogen) atoms. The summed E-state index contributed by atoms with van der Waals surface area (Å²) in [5.41, 5.74) is 0. The van der Waals surface area contributed by atoms with Gasteiger partial charge in [0.1, 0.15) is 0 Å². The van der Waals surface area contributed by atoms with Gasteiger partial charge in [0.25, 0.3) is 0 Å². The van der Waals surface area contributed by atoms with Crippen molar-refractivity contribution in [2.45, 2.75) is 116 Å². The molecular weight excluding hydrogens is 332 g/mol. The molecule has 0 aromatic carbocycles. The lowest BCUT2D eigenvalue weighted by Gasteiger charge is -2.06. The van der Waals surface area contributed by atoms with Gasteiger partial charge in [0.2, 0.25) is 0 Å². The van der Waals surface area contributed by atoms with E-state index in [2.05, 4.69) is 19.6 Å². The van der Waals surface area contributed by atoms with Gasteiger partial charge in [-0.25, -0.2) is 0 Å². The lowest BCUT2D eigenvalue weighted by Crippen LogP contribution is -2.11. The van der Waals surface area contributed by atoms with Crippen LogP contribution >= 0.6 is 24.4 Å². The van der Waals surface area contributed by atoms with E-state index < -0.39 is 0 Å². The third-order valence-electron chi connectivity index (χ3n) is 4.66. The van der Waals surface area contributed by atoms with Crippen molar-refractivity contribution in [1.82, 2.24) is 0 Å². The highest BCUT2D eigenvalue weighted by Gasteiger charge is 2.00. The van der Waals surface area contributed by atoms with E-state index in [1.807, 2.05) is 11.8 Å². The summed E-state index contributed by atoms with van der Waals surface area (Å²) in [5.74, 6) is 2.64. The molecule has 0 spiro atoms. The minimum Gasteiger partial charge on any atom is -0.391 e. The highest BCUT2D eigenvalue weighted by Crippen LogP contribution is 2.14. The van der Waals surface area contributed by atoms with Crippen LogP contribution in [0.1, 0.15) is 110 Å². The highest BCUT2D eigenvalue weighted by molar-refractivity contribution is 7.99. The van der Waals surface area contributed by atoms with Gasteiger partial charge in [-0.05, 0) is 12.2 Å². The van der Waals surface area contributed by atoms with Gasteiger partial charge >= 0.3 is 0 Å². The van der Waals surface area contributed by atoms with E-state index in [0.29, 0.717) is 5.75 Å². The zero-order valence-corrected chi connectivity index (χ0v) is 18.0. The lowest BCUT2D eigenvalue weighted by molar-refractivity contribution is 0.225. The monoisotopic (exact) mass is 376 g/mol. The molecule has 0 aromatic rings. The molecule has 0 rings (SSSR count). The number of thioether (sulfide) groups is 1. The molecular formula is C21H44OS2. The van der Waals surface area contributed by atoms with Crippen molar-refractivity contribution in [3.8, 4) is 0 Å². The Hall–Kier alpha value is 0.660. The highest BCUT2D eigenvalue weighted by atomic mass is 32.2. The van der Waals surface area contributed by atoms with Crippen LogP contribution in [0.2, 0.25) is 0 Å². The molecule has 0 amide bonds. The van der Waals surface area contributed by atoms with E-state index in [1.54, 1.807) is 0 Å². The number of thiol groups is 1. The fourth-order valence-corrected chi connectivity index (χ4v) is 4.29. The maximum Gasteiger partial charge on any atom is 0.0718 e. The van der Waals surface area contributed by atoms with Gasteiger partial charge in [0.15, 0.2) is 0 Å². The van der Waals surface area contributed by atoms with E-state index in [-0.39, 0.29) is 6.10 Å². The van der Waals surface area contributed by atoms with Crippen molar-refractivity contribution >= 4 is 24.4 Å². The van der Waals surface area contributed by atoms with Crippen LogP contribution in [0.3, 0.4) is 0 Å². The second kappa shape index (κ2) is 21.7. The number of aliphatic hydroxyl groups excluding tert-OH is 1. The molecule has 0 heterocycles. The first-order valence-corrected chi connectivity index (χ1v) is 12.5. The van der Waals surface area contributed by atoms with E-state index in [1.165, 1.54) is 108 Å². The molecule has 0 saturated heterocycles. The molecule has 0 fully saturated rings. The summed E-state index contributed by atoms with van der Waals surface area (Å²) < 4.78 is 0. The normalized spacial score (nSPS) is 12.6. The van der Waals surface area contributed by atoms with Crippen LogP contribution in [0, 0.1) is 0 Å². The van der Waals surface area contributed by atoms with Crippen LogP contribution in [0.4, 0.5) is 0 Å². The lowest BCUT2D eigenvalue weighted by atomic mass is 10.0. The summed E-state index contributed by atoms with van der Waals surface area (Å²) in [5, 5.41) is 9.40. The summed E-state index contributed by atoms with van der Waals surface area (Å²) in [6, 6.07) is 0. The number of hydrogen-bond donors (Lipinski definition) is 2. The first-order chi connectivity index (χ1) is 11.8. The fraction of sp³-hybridized carbons (Fsp3) is 1.00. The van der Waals surface area contributed by atoms with Crippen LogP contribution in [0.5, 0.6) is 0 Å². The molecule has 1 unspecified atom stereocenters. The predicted molar refractivity (Wildman–Crippen MR) is 117 cm³/mol. The number of rotatable bonds is 20. The summed E-state index contributed by atoms with van der Waals surface area (Å²) in [6.07, 6.45) is 22.6. The standard InChI is InChI=1S/C21H44OS2/c1-2-3-4-5-6-7-8-9-10-11-12-13-14-15-16-17-18-24-20-21(22)19-23/h21-23H,2-20H2,1H3. The number of hydrogen-bond acceptors (Lipinski definition) is 3. The second-order valence-electron chi connectivity index (χ2n) is 7.21. The average molecular weight is 377 g/mol. The van der Waals surface area contributed by atoms with Crippen LogP contribution in [0.15, 0.2) is 0 Å².